The summed E-state index contributed by atoms with van der Waals surface area (Å²) in [6.07, 6.45) is 5.06. The van der Waals surface area contributed by atoms with Crippen molar-refractivity contribution in [3.63, 3.8) is 0 Å². The molecule has 0 aliphatic rings. The molecule has 0 unspecified atom stereocenters. The van der Waals surface area contributed by atoms with Gasteiger partial charge in [0.15, 0.2) is 0 Å². The number of benzene rings is 1. The maximum absolute atomic E-state index is 4.29. The second kappa shape index (κ2) is 4.17. The molecule has 4 heteroatoms. The molecule has 0 aliphatic carbocycles. The van der Waals surface area contributed by atoms with E-state index >= 15 is 0 Å². The molecule has 0 atom stereocenters. The molecular formula is C13H10N4. The highest BCUT2D eigenvalue weighted by molar-refractivity contribution is 5.64. The van der Waals surface area contributed by atoms with Gasteiger partial charge in [0.25, 0.3) is 0 Å². The van der Waals surface area contributed by atoms with Crippen LogP contribution in [0.4, 0.5) is 0 Å². The third-order valence-corrected chi connectivity index (χ3v) is 2.54. The highest BCUT2D eigenvalue weighted by Crippen LogP contribution is 2.19. The van der Waals surface area contributed by atoms with Gasteiger partial charge in [0.1, 0.15) is 18.5 Å². The highest BCUT2D eigenvalue weighted by atomic mass is 15.2. The van der Waals surface area contributed by atoms with Gasteiger partial charge in [-0.1, -0.05) is 30.3 Å². The molecule has 2 heterocycles. The molecule has 0 aliphatic heterocycles. The number of aromatic nitrogens is 4. The summed E-state index contributed by atoms with van der Waals surface area (Å²) in [5, 5.41) is 7.55. The molecule has 0 saturated heterocycles. The molecule has 4 nitrogen and oxygen atoms in total. The van der Waals surface area contributed by atoms with E-state index in [9.17, 15) is 0 Å². The van der Waals surface area contributed by atoms with Gasteiger partial charge in [0, 0.05) is 6.20 Å². The Morgan fingerprint density at radius 2 is 1.59 bits per heavy atom. The lowest BCUT2D eigenvalue weighted by Gasteiger charge is -2.04. The van der Waals surface area contributed by atoms with E-state index in [1.165, 1.54) is 5.56 Å². The van der Waals surface area contributed by atoms with Gasteiger partial charge in [-0.3, -0.25) is 4.57 Å². The number of hydrogen-bond donors (Lipinski definition) is 0. The Hall–Kier alpha value is -2.49. The smallest absolute Gasteiger partial charge is 0.139 e. The maximum atomic E-state index is 4.29. The largest absolute Gasteiger partial charge is 0.272 e. The quantitative estimate of drug-likeness (QED) is 0.668. The summed E-state index contributed by atoms with van der Waals surface area (Å²) in [6, 6.07) is 14.2. The van der Waals surface area contributed by atoms with E-state index in [1.807, 2.05) is 30.3 Å². The van der Waals surface area contributed by atoms with Gasteiger partial charge in [-0.2, -0.15) is 0 Å². The first-order valence-corrected chi connectivity index (χ1v) is 5.30. The fourth-order valence-electron chi connectivity index (χ4n) is 1.69. The summed E-state index contributed by atoms with van der Waals surface area (Å²) in [7, 11) is 0. The molecule has 0 bridgehead atoms. The summed E-state index contributed by atoms with van der Waals surface area (Å²) in [4.78, 5) is 4.29. The zero-order valence-corrected chi connectivity index (χ0v) is 9.06. The number of rotatable bonds is 2. The van der Waals surface area contributed by atoms with Crippen molar-refractivity contribution in [3.8, 4) is 16.9 Å². The zero-order valence-electron chi connectivity index (χ0n) is 9.06. The predicted molar refractivity (Wildman–Crippen MR) is 64.6 cm³/mol. The van der Waals surface area contributed by atoms with Crippen molar-refractivity contribution in [1.82, 2.24) is 19.7 Å². The van der Waals surface area contributed by atoms with Crippen LogP contribution in [0.1, 0.15) is 0 Å². The normalized spacial score (nSPS) is 10.4. The predicted octanol–water partition coefficient (Wildman–Crippen LogP) is 2.33. The first kappa shape index (κ1) is 9.72. The summed E-state index contributed by atoms with van der Waals surface area (Å²) < 4.78 is 1.78. The molecule has 0 radical (unpaired) electrons. The van der Waals surface area contributed by atoms with Gasteiger partial charge >= 0.3 is 0 Å². The molecule has 2 aromatic heterocycles. The second-order valence-electron chi connectivity index (χ2n) is 3.64. The monoisotopic (exact) mass is 222 g/mol. The number of pyridine rings is 1. The second-order valence-corrected chi connectivity index (χ2v) is 3.64. The minimum atomic E-state index is 0.816. The van der Waals surface area contributed by atoms with Crippen LogP contribution in [0.5, 0.6) is 0 Å². The standard InChI is InChI=1S/C13H10N4/c1-2-4-11(5-3-1)12-6-7-14-13(8-12)17-9-15-16-10-17/h1-10H. The van der Waals surface area contributed by atoms with Crippen molar-refractivity contribution in [1.29, 1.82) is 0 Å². The van der Waals surface area contributed by atoms with Crippen LogP contribution in [0.2, 0.25) is 0 Å². The van der Waals surface area contributed by atoms with E-state index in [0.29, 0.717) is 0 Å². The lowest BCUT2D eigenvalue weighted by Crippen LogP contribution is -1.94. The van der Waals surface area contributed by atoms with Gasteiger partial charge < -0.3 is 0 Å². The molecule has 3 rings (SSSR count). The molecule has 0 amide bonds. The molecule has 17 heavy (non-hydrogen) atoms. The Labute approximate surface area is 98.6 Å². The minimum Gasteiger partial charge on any atom is -0.272 e. The Kier molecular flexibility index (Phi) is 2.38. The van der Waals surface area contributed by atoms with Crippen molar-refractivity contribution in [2.24, 2.45) is 0 Å². The van der Waals surface area contributed by atoms with E-state index in [2.05, 4.69) is 27.3 Å². The van der Waals surface area contributed by atoms with Gasteiger partial charge in [-0.15, -0.1) is 10.2 Å². The molecule has 3 aromatic rings. The molecule has 0 spiro atoms. The van der Waals surface area contributed by atoms with Crippen LogP contribution in [0.15, 0.2) is 61.3 Å². The topological polar surface area (TPSA) is 43.6 Å². The van der Waals surface area contributed by atoms with E-state index < -0.39 is 0 Å². The van der Waals surface area contributed by atoms with Crippen molar-refractivity contribution in [3.05, 3.63) is 61.3 Å². The van der Waals surface area contributed by atoms with Crippen molar-refractivity contribution < 1.29 is 0 Å². The van der Waals surface area contributed by atoms with Crippen LogP contribution in [-0.2, 0) is 0 Å². The minimum absolute atomic E-state index is 0.816. The Balaban J connectivity index is 2.06. The maximum Gasteiger partial charge on any atom is 0.139 e. The third kappa shape index (κ3) is 1.92. The van der Waals surface area contributed by atoms with Crippen LogP contribution in [0.3, 0.4) is 0 Å². The van der Waals surface area contributed by atoms with Crippen LogP contribution < -0.4 is 0 Å². The van der Waals surface area contributed by atoms with Crippen molar-refractivity contribution >= 4 is 0 Å². The fraction of sp³-hybridized carbons (Fsp3) is 0. The summed E-state index contributed by atoms with van der Waals surface area (Å²) in [5.74, 6) is 0.816. The van der Waals surface area contributed by atoms with Gasteiger partial charge in [-0.25, -0.2) is 4.98 Å². The Bertz CT molecular complexity index is 602. The zero-order chi connectivity index (χ0) is 11.5. The number of nitrogens with zero attached hydrogens (tertiary/aromatic N) is 4. The van der Waals surface area contributed by atoms with Crippen LogP contribution >= 0.6 is 0 Å². The summed E-state index contributed by atoms with van der Waals surface area (Å²) >= 11 is 0. The first-order valence-electron chi connectivity index (χ1n) is 5.30. The molecule has 82 valence electrons. The molecule has 0 N–H and O–H groups in total. The van der Waals surface area contributed by atoms with Crippen molar-refractivity contribution in [2.75, 3.05) is 0 Å². The van der Waals surface area contributed by atoms with Gasteiger partial charge in [-0.05, 0) is 23.3 Å². The lowest BCUT2D eigenvalue weighted by atomic mass is 10.1. The average Bonchev–Trinajstić information content (AvgIpc) is 2.94. The lowest BCUT2D eigenvalue weighted by molar-refractivity contribution is 0.992. The van der Waals surface area contributed by atoms with Crippen LogP contribution in [0, 0.1) is 0 Å². The van der Waals surface area contributed by atoms with E-state index in [1.54, 1.807) is 23.4 Å². The van der Waals surface area contributed by atoms with E-state index in [4.69, 9.17) is 0 Å². The molecule has 1 aromatic carbocycles. The summed E-state index contributed by atoms with van der Waals surface area (Å²) in [6.45, 7) is 0. The Morgan fingerprint density at radius 1 is 0.824 bits per heavy atom. The summed E-state index contributed by atoms with van der Waals surface area (Å²) in [5.41, 5.74) is 2.30. The van der Waals surface area contributed by atoms with Crippen LogP contribution in [-0.4, -0.2) is 19.7 Å². The number of hydrogen-bond acceptors (Lipinski definition) is 3. The van der Waals surface area contributed by atoms with E-state index in [-0.39, 0.29) is 0 Å². The van der Waals surface area contributed by atoms with Gasteiger partial charge in [0.2, 0.25) is 0 Å². The van der Waals surface area contributed by atoms with Crippen molar-refractivity contribution in [2.45, 2.75) is 0 Å². The third-order valence-electron chi connectivity index (χ3n) is 2.54. The SMILES string of the molecule is c1ccc(-c2ccnc(-n3cnnc3)c2)cc1. The Morgan fingerprint density at radius 3 is 2.35 bits per heavy atom. The molecule has 0 fully saturated rings. The molecular weight excluding hydrogens is 212 g/mol. The highest BCUT2D eigenvalue weighted by Gasteiger charge is 2.01. The average molecular weight is 222 g/mol. The first-order chi connectivity index (χ1) is 8.43. The molecule has 0 saturated carbocycles. The van der Waals surface area contributed by atoms with Crippen LogP contribution in [0.25, 0.3) is 16.9 Å². The van der Waals surface area contributed by atoms with Gasteiger partial charge in [0.05, 0.1) is 0 Å². The van der Waals surface area contributed by atoms with E-state index in [0.717, 1.165) is 11.4 Å². The fourth-order valence-corrected chi connectivity index (χ4v) is 1.69.